The van der Waals surface area contributed by atoms with Gasteiger partial charge >= 0.3 is 0 Å². The van der Waals surface area contributed by atoms with Gasteiger partial charge < -0.3 is 0 Å². The smallest absolute Gasteiger partial charge is 0.208 e. The standard InChI is InChI=1S/C11H8Cl2N4O2/c12-10-9(7-6-8-4-2-1-3-5-8)11(13)16(15-14-10)17(18)19/h1-7,15H. The van der Waals surface area contributed by atoms with E-state index in [1.807, 2.05) is 30.3 Å². The zero-order valence-electron chi connectivity index (χ0n) is 9.46. The van der Waals surface area contributed by atoms with Crippen LogP contribution in [0.2, 0.25) is 0 Å². The topological polar surface area (TPSA) is 70.8 Å². The van der Waals surface area contributed by atoms with Gasteiger partial charge in [-0.3, -0.25) is 0 Å². The number of allylic oxidation sites excluding steroid dienone is 2. The van der Waals surface area contributed by atoms with Crippen molar-refractivity contribution in [2.24, 2.45) is 5.10 Å². The number of rotatable bonds is 3. The van der Waals surface area contributed by atoms with Crippen molar-refractivity contribution < 1.29 is 5.03 Å². The largest absolute Gasteiger partial charge is 0.233 e. The van der Waals surface area contributed by atoms with Crippen LogP contribution in [0.5, 0.6) is 0 Å². The average molecular weight is 299 g/mol. The molecule has 0 saturated carbocycles. The van der Waals surface area contributed by atoms with Crippen LogP contribution in [-0.4, -0.2) is 15.3 Å². The number of halogens is 2. The summed E-state index contributed by atoms with van der Waals surface area (Å²) in [5.41, 5.74) is 3.29. The number of hydrogen-bond acceptors (Lipinski definition) is 4. The third-order valence-corrected chi connectivity index (χ3v) is 2.93. The molecule has 1 heterocycles. The highest BCUT2D eigenvalue weighted by Gasteiger charge is 2.27. The summed E-state index contributed by atoms with van der Waals surface area (Å²) in [5.74, 6) is 0. The first-order valence-corrected chi connectivity index (χ1v) is 5.91. The van der Waals surface area contributed by atoms with Crippen LogP contribution in [0.25, 0.3) is 6.08 Å². The molecule has 8 heteroatoms. The zero-order chi connectivity index (χ0) is 13.8. The Morgan fingerprint density at radius 3 is 2.58 bits per heavy atom. The Bertz CT molecular complexity index is 584. The van der Waals surface area contributed by atoms with E-state index >= 15 is 0 Å². The fourth-order valence-corrected chi connectivity index (χ4v) is 1.87. The fraction of sp³-hybridized carbons (Fsp3) is 0. The molecule has 0 aliphatic carbocycles. The summed E-state index contributed by atoms with van der Waals surface area (Å²) >= 11 is 11.7. The summed E-state index contributed by atoms with van der Waals surface area (Å²) in [6, 6.07) is 9.38. The predicted molar refractivity (Wildman–Crippen MR) is 73.6 cm³/mol. The van der Waals surface area contributed by atoms with E-state index < -0.39 is 5.03 Å². The Hall–Kier alpha value is -2.05. The normalized spacial score (nSPS) is 15.5. The molecule has 0 spiro atoms. The van der Waals surface area contributed by atoms with Crippen molar-refractivity contribution in [1.82, 2.24) is 10.7 Å². The first kappa shape index (κ1) is 13.4. The molecule has 1 N–H and O–H groups in total. The minimum atomic E-state index is -0.731. The summed E-state index contributed by atoms with van der Waals surface area (Å²) in [7, 11) is 0. The molecule has 98 valence electrons. The van der Waals surface area contributed by atoms with Crippen molar-refractivity contribution in [3.8, 4) is 0 Å². The van der Waals surface area contributed by atoms with E-state index in [0.29, 0.717) is 5.12 Å². The van der Waals surface area contributed by atoms with Gasteiger partial charge in [-0.25, -0.2) is 10.1 Å². The van der Waals surface area contributed by atoms with E-state index in [2.05, 4.69) is 10.6 Å². The molecule has 1 aromatic carbocycles. The lowest BCUT2D eigenvalue weighted by molar-refractivity contribution is -0.656. The maximum Gasteiger partial charge on any atom is 0.208 e. The molecule has 0 radical (unpaired) electrons. The molecule has 0 bridgehead atoms. The highest BCUT2D eigenvalue weighted by atomic mass is 35.5. The van der Waals surface area contributed by atoms with Crippen LogP contribution < -0.4 is 5.53 Å². The van der Waals surface area contributed by atoms with Crippen molar-refractivity contribution in [3.63, 3.8) is 0 Å². The van der Waals surface area contributed by atoms with Gasteiger partial charge in [0, 0.05) is 5.12 Å². The third kappa shape index (κ3) is 3.04. The van der Waals surface area contributed by atoms with Crippen molar-refractivity contribution >= 4 is 34.4 Å². The number of hydrazone groups is 1. The van der Waals surface area contributed by atoms with E-state index in [1.165, 1.54) is 0 Å². The highest BCUT2D eigenvalue weighted by Crippen LogP contribution is 2.22. The summed E-state index contributed by atoms with van der Waals surface area (Å²) < 4.78 is 0. The summed E-state index contributed by atoms with van der Waals surface area (Å²) in [4.78, 5) is 10.7. The van der Waals surface area contributed by atoms with Gasteiger partial charge in [0.2, 0.25) is 5.16 Å². The van der Waals surface area contributed by atoms with Gasteiger partial charge in [0.1, 0.15) is 0 Å². The SMILES string of the molecule is O=[N+]([O-])N1NN=C(Cl)C(C=Cc2ccccc2)=C1Cl. The van der Waals surface area contributed by atoms with Gasteiger partial charge in [-0.2, -0.15) is 5.53 Å². The van der Waals surface area contributed by atoms with Crippen LogP contribution >= 0.6 is 23.2 Å². The molecule has 1 aromatic rings. The predicted octanol–water partition coefficient (Wildman–Crippen LogP) is 2.71. The van der Waals surface area contributed by atoms with Crippen LogP contribution in [0, 0.1) is 10.1 Å². The lowest BCUT2D eigenvalue weighted by Gasteiger charge is -2.17. The van der Waals surface area contributed by atoms with Crippen LogP contribution in [0.1, 0.15) is 5.56 Å². The Balaban J connectivity index is 2.31. The molecule has 0 amide bonds. The Morgan fingerprint density at radius 1 is 1.26 bits per heavy atom. The maximum atomic E-state index is 10.7. The molecule has 0 aromatic heterocycles. The van der Waals surface area contributed by atoms with Gasteiger partial charge in [0.15, 0.2) is 10.2 Å². The van der Waals surface area contributed by atoms with Crippen molar-refractivity contribution in [1.29, 1.82) is 0 Å². The van der Waals surface area contributed by atoms with Crippen LogP contribution in [-0.2, 0) is 0 Å². The van der Waals surface area contributed by atoms with E-state index in [9.17, 15) is 10.1 Å². The van der Waals surface area contributed by atoms with E-state index in [-0.39, 0.29) is 15.9 Å². The van der Waals surface area contributed by atoms with E-state index in [1.54, 1.807) is 12.2 Å². The molecule has 19 heavy (non-hydrogen) atoms. The third-order valence-electron chi connectivity index (χ3n) is 2.28. The first-order valence-electron chi connectivity index (χ1n) is 5.16. The van der Waals surface area contributed by atoms with Gasteiger partial charge in [-0.15, -0.1) is 5.10 Å². The number of nitrogens with one attached hydrogen (secondary N) is 1. The Labute approximate surface area is 118 Å². The second-order valence-corrected chi connectivity index (χ2v) is 4.22. The minimum absolute atomic E-state index is 0.0512. The molecule has 2 rings (SSSR count). The van der Waals surface area contributed by atoms with Gasteiger partial charge in [0.05, 0.1) is 5.57 Å². The minimum Gasteiger partial charge on any atom is -0.233 e. The van der Waals surface area contributed by atoms with Crippen LogP contribution in [0.3, 0.4) is 0 Å². The molecule has 1 aliphatic heterocycles. The Kier molecular flexibility index (Phi) is 4.03. The lowest BCUT2D eigenvalue weighted by atomic mass is 10.2. The van der Waals surface area contributed by atoms with E-state index in [0.717, 1.165) is 5.56 Å². The second-order valence-electron chi connectivity index (χ2n) is 3.50. The zero-order valence-corrected chi connectivity index (χ0v) is 11.0. The molecule has 0 fully saturated rings. The summed E-state index contributed by atoms with van der Waals surface area (Å²) in [6.07, 6.45) is 3.31. The summed E-state index contributed by atoms with van der Waals surface area (Å²) in [6.45, 7) is 0. The fourth-order valence-electron chi connectivity index (χ4n) is 1.38. The van der Waals surface area contributed by atoms with Crippen LogP contribution in [0.4, 0.5) is 0 Å². The Morgan fingerprint density at radius 2 is 1.95 bits per heavy atom. The molecular formula is C11H8Cl2N4O2. The molecule has 0 saturated heterocycles. The number of nitrogens with zero attached hydrogens (tertiary/aromatic N) is 3. The molecule has 6 nitrogen and oxygen atoms in total. The summed E-state index contributed by atoms with van der Waals surface area (Å²) in [5, 5.41) is 14.0. The molecule has 1 aliphatic rings. The van der Waals surface area contributed by atoms with Gasteiger partial charge in [-0.05, 0) is 11.6 Å². The maximum absolute atomic E-state index is 10.7. The van der Waals surface area contributed by atoms with Crippen LogP contribution in [0.15, 0.2) is 52.2 Å². The molecule has 0 unspecified atom stereocenters. The number of benzene rings is 1. The number of nitro groups is 1. The van der Waals surface area contributed by atoms with Gasteiger partial charge in [-0.1, -0.05) is 59.6 Å². The number of hydrazine groups is 2. The quantitative estimate of drug-likeness (QED) is 0.529. The van der Waals surface area contributed by atoms with Crippen molar-refractivity contribution in [3.05, 3.63) is 62.8 Å². The first-order chi connectivity index (χ1) is 9.09. The van der Waals surface area contributed by atoms with Crippen molar-refractivity contribution in [2.45, 2.75) is 0 Å². The molecule has 0 atom stereocenters. The van der Waals surface area contributed by atoms with E-state index in [4.69, 9.17) is 23.2 Å². The second kappa shape index (κ2) is 5.73. The number of hydrogen-bond donors (Lipinski definition) is 1. The average Bonchev–Trinajstić information content (AvgIpc) is 2.39. The monoisotopic (exact) mass is 298 g/mol. The van der Waals surface area contributed by atoms with Crippen molar-refractivity contribution in [2.75, 3.05) is 0 Å². The lowest BCUT2D eigenvalue weighted by Crippen LogP contribution is -2.40. The van der Waals surface area contributed by atoms with Gasteiger partial charge in [0.25, 0.3) is 0 Å². The molecular weight excluding hydrogens is 291 g/mol. The highest BCUT2D eigenvalue weighted by molar-refractivity contribution is 6.70.